The van der Waals surface area contributed by atoms with Crippen molar-refractivity contribution in [2.45, 2.75) is 117 Å². The Kier molecular flexibility index (Phi) is 15.8. The molecule has 126 valence electrons. The Bertz CT molecular complexity index is 222. The van der Waals surface area contributed by atoms with Crippen LogP contribution in [0.4, 0.5) is 0 Å². The Morgan fingerprint density at radius 1 is 0.667 bits per heavy atom. The average molecular weight is 297 g/mol. The second-order valence-electron chi connectivity index (χ2n) is 6.80. The number of hydrogen-bond donors (Lipinski definition) is 0. The maximum Gasteiger partial charge on any atom is 0.135 e. The van der Waals surface area contributed by atoms with Crippen molar-refractivity contribution in [2.75, 3.05) is 0 Å². The van der Waals surface area contributed by atoms with E-state index in [2.05, 4.69) is 20.8 Å². The molecule has 0 aromatic carbocycles. The van der Waals surface area contributed by atoms with Crippen LogP contribution in [-0.2, 0) is 4.79 Å². The summed E-state index contributed by atoms with van der Waals surface area (Å²) in [4.78, 5) is 12.0. The van der Waals surface area contributed by atoms with Gasteiger partial charge in [0.1, 0.15) is 5.78 Å². The lowest BCUT2D eigenvalue weighted by Gasteiger charge is -2.09. The molecule has 0 fully saturated rings. The molecule has 0 rings (SSSR count). The standard InChI is InChI=1S/C20H40O/c1-4-6-8-9-10-11-12-13-14-16-18-20(21)19(3)17-15-7-5-2/h19H,4-18H2,1-3H3. The molecular formula is C20H40O. The van der Waals surface area contributed by atoms with Crippen LogP contribution in [0.15, 0.2) is 0 Å². The van der Waals surface area contributed by atoms with E-state index in [1.54, 1.807) is 0 Å². The van der Waals surface area contributed by atoms with E-state index in [-0.39, 0.29) is 0 Å². The van der Waals surface area contributed by atoms with Gasteiger partial charge < -0.3 is 0 Å². The van der Waals surface area contributed by atoms with E-state index < -0.39 is 0 Å². The van der Waals surface area contributed by atoms with Crippen molar-refractivity contribution < 1.29 is 4.79 Å². The van der Waals surface area contributed by atoms with E-state index in [1.165, 1.54) is 77.0 Å². The Hall–Kier alpha value is -0.330. The second kappa shape index (κ2) is 16.0. The third-order valence-corrected chi connectivity index (χ3v) is 4.57. The number of carbonyl (C=O) groups excluding carboxylic acids is 1. The van der Waals surface area contributed by atoms with Crippen LogP contribution in [0, 0.1) is 5.92 Å². The minimum atomic E-state index is 0.301. The molecule has 0 saturated carbocycles. The van der Waals surface area contributed by atoms with Crippen LogP contribution in [0.3, 0.4) is 0 Å². The summed E-state index contributed by atoms with van der Waals surface area (Å²) in [5.74, 6) is 0.806. The van der Waals surface area contributed by atoms with Gasteiger partial charge in [0, 0.05) is 12.3 Å². The predicted molar refractivity (Wildman–Crippen MR) is 94.8 cm³/mol. The third kappa shape index (κ3) is 14.4. The van der Waals surface area contributed by atoms with E-state index in [0.717, 1.165) is 19.3 Å². The quantitative estimate of drug-likeness (QED) is 0.278. The lowest BCUT2D eigenvalue weighted by atomic mass is 9.95. The molecule has 0 amide bonds. The first kappa shape index (κ1) is 20.7. The highest BCUT2D eigenvalue weighted by Crippen LogP contribution is 2.15. The first-order valence-electron chi connectivity index (χ1n) is 9.75. The summed E-state index contributed by atoms with van der Waals surface area (Å²) in [7, 11) is 0. The molecule has 1 nitrogen and oxygen atoms in total. The molecule has 0 radical (unpaired) electrons. The highest BCUT2D eigenvalue weighted by molar-refractivity contribution is 5.80. The zero-order valence-electron chi connectivity index (χ0n) is 15.1. The Morgan fingerprint density at radius 2 is 1.10 bits per heavy atom. The highest BCUT2D eigenvalue weighted by atomic mass is 16.1. The molecule has 0 aliphatic rings. The molecule has 1 unspecified atom stereocenters. The number of hydrogen-bond acceptors (Lipinski definition) is 1. The minimum Gasteiger partial charge on any atom is -0.299 e. The number of carbonyl (C=O) groups is 1. The highest BCUT2D eigenvalue weighted by Gasteiger charge is 2.11. The van der Waals surface area contributed by atoms with Crippen molar-refractivity contribution >= 4 is 5.78 Å². The monoisotopic (exact) mass is 296 g/mol. The van der Waals surface area contributed by atoms with Gasteiger partial charge in [0.15, 0.2) is 0 Å². The largest absolute Gasteiger partial charge is 0.299 e. The van der Waals surface area contributed by atoms with Crippen molar-refractivity contribution in [3.8, 4) is 0 Å². The summed E-state index contributed by atoms with van der Waals surface area (Å²) in [6.07, 6.45) is 19.1. The van der Waals surface area contributed by atoms with Crippen molar-refractivity contribution in [1.82, 2.24) is 0 Å². The van der Waals surface area contributed by atoms with Crippen LogP contribution in [0.1, 0.15) is 117 Å². The van der Waals surface area contributed by atoms with E-state index in [9.17, 15) is 4.79 Å². The number of unbranched alkanes of at least 4 members (excludes halogenated alkanes) is 11. The third-order valence-electron chi connectivity index (χ3n) is 4.57. The molecular weight excluding hydrogens is 256 g/mol. The van der Waals surface area contributed by atoms with Crippen LogP contribution in [0.2, 0.25) is 0 Å². The summed E-state index contributed by atoms with van der Waals surface area (Å²) in [5.41, 5.74) is 0. The summed E-state index contributed by atoms with van der Waals surface area (Å²) in [5, 5.41) is 0. The average Bonchev–Trinajstić information content (AvgIpc) is 2.49. The molecule has 0 aliphatic heterocycles. The maximum absolute atomic E-state index is 12.0. The molecule has 1 atom stereocenters. The smallest absolute Gasteiger partial charge is 0.135 e. The molecule has 0 N–H and O–H groups in total. The SMILES string of the molecule is CCCCCCCCCCCCC(=O)C(C)CCCCC. The van der Waals surface area contributed by atoms with Crippen LogP contribution < -0.4 is 0 Å². The molecule has 21 heavy (non-hydrogen) atoms. The van der Waals surface area contributed by atoms with Crippen molar-refractivity contribution in [3.05, 3.63) is 0 Å². The van der Waals surface area contributed by atoms with Crippen LogP contribution in [0.5, 0.6) is 0 Å². The zero-order valence-corrected chi connectivity index (χ0v) is 15.1. The lowest BCUT2D eigenvalue weighted by Crippen LogP contribution is -2.10. The molecule has 0 aromatic heterocycles. The number of ketones is 1. The first-order chi connectivity index (χ1) is 10.2. The molecule has 0 spiro atoms. The molecule has 0 aliphatic carbocycles. The topological polar surface area (TPSA) is 17.1 Å². The van der Waals surface area contributed by atoms with Gasteiger partial charge in [-0.05, 0) is 12.8 Å². The molecule has 0 heterocycles. The number of Topliss-reactive ketones (excluding diaryl/α,β-unsaturated/α-hetero) is 1. The Labute approximate surface area is 134 Å². The van der Waals surface area contributed by atoms with Crippen molar-refractivity contribution in [2.24, 2.45) is 5.92 Å². The first-order valence-corrected chi connectivity index (χ1v) is 9.75. The van der Waals surface area contributed by atoms with Crippen LogP contribution >= 0.6 is 0 Å². The summed E-state index contributed by atoms with van der Waals surface area (Å²) in [6, 6.07) is 0. The van der Waals surface area contributed by atoms with Gasteiger partial charge in [0.2, 0.25) is 0 Å². The van der Waals surface area contributed by atoms with Crippen LogP contribution in [0.25, 0.3) is 0 Å². The zero-order chi connectivity index (χ0) is 15.8. The van der Waals surface area contributed by atoms with Crippen molar-refractivity contribution in [3.63, 3.8) is 0 Å². The normalized spacial score (nSPS) is 12.5. The fourth-order valence-corrected chi connectivity index (χ4v) is 2.89. The van der Waals surface area contributed by atoms with Gasteiger partial charge in [-0.1, -0.05) is 97.8 Å². The van der Waals surface area contributed by atoms with E-state index >= 15 is 0 Å². The Balaban J connectivity index is 3.28. The fourth-order valence-electron chi connectivity index (χ4n) is 2.89. The number of rotatable bonds is 16. The van der Waals surface area contributed by atoms with Gasteiger partial charge in [-0.3, -0.25) is 4.79 Å². The van der Waals surface area contributed by atoms with E-state index in [1.807, 2.05) is 0 Å². The molecule has 0 saturated heterocycles. The van der Waals surface area contributed by atoms with Gasteiger partial charge >= 0.3 is 0 Å². The summed E-state index contributed by atoms with van der Waals surface area (Å²) < 4.78 is 0. The van der Waals surface area contributed by atoms with Gasteiger partial charge in [-0.15, -0.1) is 0 Å². The Morgan fingerprint density at radius 3 is 1.62 bits per heavy atom. The van der Waals surface area contributed by atoms with Crippen molar-refractivity contribution in [1.29, 1.82) is 0 Å². The summed E-state index contributed by atoms with van der Waals surface area (Å²) in [6.45, 7) is 6.61. The second-order valence-corrected chi connectivity index (χ2v) is 6.80. The van der Waals surface area contributed by atoms with Gasteiger partial charge in [-0.2, -0.15) is 0 Å². The van der Waals surface area contributed by atoms with Gasteiger partial charge in [-0.25, -0.2) is 0 Å². The van der Waals surface area contributed by atoms with E-state index in [4.69, 9.17) is 0 Å². The lowest BCUT2D eigenvalue weighted by molar-refractivity contribution is -0.122. The van der Waals surface area contributed by atoms with E-state index in [0.29, 0.717) is 11.7 Å². The summed E-state index contributed by atoms with van der Waals surface area (Å²) >= 11 is 0. The van der Waals surface area contributed by atoms with Crippen LogP contribution in [-0.4, -0.2) is 5.78 Å². The molecule has 0 bridgehead atoms. The molecule has 1 heteroatoms. The van der Waals surface area contributed by atoms with Gasteiger partial charge in [0.25, 0.3) is 0 Å². The fraction of sp³-hybridized carbons (Fsp3) is 0.950. The minimum absolute atomic E-state index is 0.301. The predicted octanol–water partition coefficient (Wildman–Crippen LogP) is 7.08. The maximum atomic E-state index is 12.0. The van der Waals surface area contributed by atoms with Gasteiger partial charge in [0.05, 0.1) is 0 Å². The molecule has 0 aromatic rings.